The lowest BCUT2D eigenvalue weighted by atomic mass is 9.99. The summed E-state index contributed by atoms with van der Waals surface area (Å²) in [7, 11) is 2.19. The van der Waals surface area contributed by atoms with Crippen LogP contribution in [0, 0.1) is 0 Å². The fourth-order valence-electron chi connectivity index (χ4n) is 13.9. The fourth-order valence-corrected chi connectivity index (χ4v) is 13.9. The van der Waals surface area contributed by atoms with E-state index in [1.54, 1.807) is 0 Å². The Kier molecular flexibility index (Phi) is 9.37. The molecule has 0 amide bonds. The van der Waals surface area contributed by atoms with Crippen molar-refractivity contribution in [1.29, 1.82) is 0 Å². The number of para-hydroxylation sites is 7. The van der Waals surface area contributed by atoms with Gasteiger partial charge >= 0.3 is 0 Å². The van der Waals surface area contributed by atoms with Gasteiger partial charge in [-0.05, 0) is 168 Å². The number of hydrogen-bond acceptors (Lipinski definition) is 1. The summed E-state index contributed by atoms with van der Waals surface area (Å²) in [6.45, 7) is 0. The number of aryl methyl sites for hydroxylation is 1. The van der Waals surface area contributed by atoms with Crippen molar-refractivity contribution in [2.24, 2.45) is 7.05 Å². The molecular formula is C75H49N7. The Hall–Kier alpha value is -10.9. The molecule has 0 radical (unpaired) electrons. The molecule has 0 aliphatic heterocycles. The second-order valence-electron chi connectivity index (χ2n) is 22.1. The first-order valence-electron chi connectivity index (χ1n) is 28.2. The molecule has 82 heavy (non-hydrogen) atoms. The molecule has 18 rings (SSSR count). The van der Waals surface area contributed by atoms with Crippen LogP contribution in [0.1, 0.15) is 11.1 Å². The number of rotatable bonds is 7. The van der Waals surface area contributed by atoms with Crippen LogP contribution in [0.5, 0.6) is 0 Å². The highest BCUT2D eigenvalue weighted by Gasteiger charge is 2.22. The minimum atomic E-state index is 0.795. The molecule has 0 saturated carbocycles. The van der Waals surface area contributed by atoms with E-state index in [0.717, 1.165) is 62.6 Å². The molecule has 0 saturated heterocycles. The minimum absolute atomic E-state index is 0.795. The molecule has 0 fully saturated rings. The second-order valence-corrected chi connectivity index (χ2v) is 22.1. The van der Waals surface area contributed by atoms with Crippen molar-refractivity contribution in [3.63, 3.8) is 0 Å². The zero-order valence-corrected chi connectivity index (χ0v) is 44.7. The normalized spacial score (nSPS) is 12.3. The van der Waals surface area contributed by atoms with Crippen LogP contribution in [-0.4, -0.2) is 32.2 Å². The molecule has 0 bridgehead atoms. The second kappa shape index (κ2) is 17.1. The number of imidazole rings is 2. The van der Waals surface area contributed by atoms with Crippen LogP contribution in [-0.2, 0) is 13.5 Å². The molecule has 0 aliphatic carbocycles. The number of hydrogen-bond donors (Lipinski definition) is 0. The van der Waals surface area contributed by atoms with Crippen LogP contribution in [0.15, 0.2) is 267 Å². The molecular weight excluding hydrogens is 999 g/mol. The van der Waals surface area contributed by atoms with E-state index in [-0.39, 0.29) is 0 Å². The monoisotopic (exact) mass is 1050 g/mol. The van der Waals surface area contributed by atoms with Gasteiger partial charge < -0.3 is 18.3 Å². The van der Waals surface area contributed by atoms with Crippen LogP contribution in [0.2, 0.25) is 0 Å². The number of benzene rings is 12. The first-order chi connectivity index (χ1) is 40.6. The zero-order valence-electron chi connectivity index (χ0n) is 44.7. The van der Waals surface area contributed by atoms with Crippen LogP contribution in [0.25, 0.3) is 149 Å². The van der Waals surface area contributed by atoms with E-state index in [2.05, 4.69) is 301 Å². The lowest BCUT2D eigenvalue weighted by Crippen LogP contribution is -1.95. The van der Waals surface area contributed by atoms with E-state index < -0.39 is 0 Å². The number of fused-ring (bicyclic) bond motifs is 17. The third kappa shape index (κ3) is 6.44. The predicted molar refractivity (Wildman–Crippen MR) is 341 cm³/mol. The summed E-state index contributed by atoms with van der Waals surface area (Å²) in [5.74, 6) is 0.906. The summed E-state index contributed by atoms with van der Waals surface area (Å²) in [6, 6.07) is 98.2. The van der Waals surface area contributed by atoms with Gasteiger partial charge in [0.15, 0.2) is 0 Å². The summed E-state index contributed by atoms with van der Waals surface area (Å²) in [5, 5.41) is 9.97. The molecule has 0 spiro atoms. The Morgan fingerprint density at radius 3 is 1.26 bits per heavy atom. The van der Waals surface area contributed by atoms with Crippen LogP contribution < -0.4 is 0 Å². The summed E-state index contributed by atoms with van der Waals surface area (Å²) in [4.78, 5) is 5.18. The summed E-state index contributed by atoms with van der Waals surface area (Å²) >= 11 is 0. The molecule has 7 nitrogen and oxygen atoms in total. The number of aromatic nitrogens is 7. The average molecular weight is 1050 g/mol. The van der Waals surface area contributed by atoms with E-state index in [1.807, 2.05) is 0 Å². The lowest BCUT2D eigenvalue weighted by Gasteiger charge is -2.10. The van der Waals surface area contributed by atoms with Gasteiger partial charge in [-0.25, -0.2) is 4.98 Å². The Labute approximate surface area is 470 Å². The van der Waals surface area contributed by atoms with E-state index in [1.165, 1.54) is 104 Å². The average Bonchev–Trinajstić information content (AvgIpc) is 3.89. The predicted octanol–water partition coefficient (Wildman–Crippen LogP) is 18.6. The highest BCUT2D eigenvalue weighted by Crippen LogP contribution is 2.41. The van der Waals surface area contributed by atoms with E-state index in [4.69, 9.17) is 4.98 Å². The minimum Gasteiger partial charge on any atom is -0.344 e. The van der Waals surface area contributed by atoms with Crippen molar-refractivity contribution in [3.8, 4) is 33.9 Å². The van der Waals surface area contributed by atoms with Crippen molar-refractivity contribution >= 4 is 115 Å². The molecule has 384 valence electrons. The largest absolute Gasteiger partial charge is 0.344 e. The van der Waals surface area contributed by atoms with E-state index in [0.29, 0.717) is 0 Å². The van der Waals surface area contributed by atoms with Crippen LogP contribution in [0.3, 0.4) is 0 Å². The number of nitrogens with zero attached hydrogens (tertiary/aromatic N) is 7. The van der Waals surface area contributed by atoms with Gasteiger partial charge in [0.05, 0.1) is 55.2 Å². The SMILES string of the molecule is Cn1c2ccc(-n3c4ccccc4c4ccccc43)cc2c2cc(-n3c4ccccc4c4cc(Cc5ccc6c(c5)c5cc(-c7ccc8c(c7)n7c9ccccc9nc7n8-c7ccccc7)ccc5n6-c5ccccc5)ccc43)ccc21. The highest BCUT2D eigenvalue weighted by molar-refractivity contribution is 6.14. The zero-order chi connectivity index (χ0) is 53.7. The highest BCUT2D eigenvalue weighted by atomic mass is 15.2. The van der Waals surface area contributed by atoms with E-state index >= 15 is 0 Å². The Morgan fingerprint density at radius 1 is 0.268 bits per heavy atom. The van der Waals surface area contributed by atoms with Gasteiger partial charge in [0, 0.05) is 83.9 Å². The lowest BCUT2D eigenvalue weighted by molar-refractivity contribution is 1.01. The third-order valence-corrected chi connectivity index (χ3v) is 17.6. The molecule has 0 N–H and O–H groups in total. The van der Waals surface area contributed by atoms with Gasteiger partial charge in [-0.15, -0.1) is 0 Å². The van der Waals surface area contributed by atoms with Gasteiger partial charge in [0.25, 0.3) is 0 Å². The first-order valence-corrected chi connectivity index (χ1v) is 28.2. The van der Waals surface area contributed by atoms with Crippen molar-refractivity contribution in [2.75, 3.05) is 0 Å². The van der Waals surface area contributed by atoms with Gasteiger partial charge in [0.1, 0.15) is 0 Å². The fraction of sp³-hybridized carbons (Fsp3) is 0.0267. The van der Waals surface area contributed by atoms with Gasteiger partial charge in [-0.3, -0.25) is 8.97 Å². The Balaban J connectivity index is 0.748. The molecule has 7 heteroatoms. The molecule has 0 aliphatic rings. The molecule has 12 aromatic carbocycles. The third-order valence-electron chi connectivity index (χ3n) is 17.6. The molecule has 6 aromatic heterocycles. The molecule has 0 unspecified atom stereocenters. The van der Waals surface area contributed by atoms with Crippen molar-refractivity contribution in [2.45, 2.75) is 6.42 Å². The quantitative estimate of drug-likeness (QED) is 0.157. The molecule has 6 heterocycles. The van der Waals surface area contributed by atoms with Crippen LogP contribution in [0.4, 0.5) is 0 Å². The Morgan fingerprint density at radius 2 is 0.671 bits per heavy atom. The maximum Gasteiger partial charge on any atom is 0.220 e. The van der Waals surface area contributed by atoms with E-state index in [9.17, 15) is 0 Å². The molecule has 0 atom stereocenters. The topological polar surface area (TPSA) is 42.0 Å². The summed E-state index contributed by atoms with van der Waals surface area (Å²) in [5.41, 5.74) is 23.3. The smallest absolute Gasteiger partial charge is 0.220 e. The maximum absolute atomic E-state index is 5.18. The summed E-state index contributed by atoms with van der Waals surface area (Å²) < 4.78 is 14.2. The Bertz CT molecular complexity index is 5630. The van der Waals surface area contributed by atoms with Crippen LogP contribution >= 0.6 is 0 Å². The van der Waals surface area contributed by atoms with Crippen molar-refractivity contribution in [1.82, 2.24) is 32.2 Å². The van der Waals surface area contributed by atoms with Crippen molar-refractivity contribution < 1.29 is 0 Å². The summed E-state index contributed by atoms with van der Waals surface area (Å²) in [6.07, 6.45) is 0.795. The van der Waals surface area contributed by atoms with Gasteiger partial charge in [-0.2, -0.15) is 0 Å². The van der Waals surface area contributed by atoms with Gasteiger partial charge in [-0.1, -0.05) is 127 Å². The molecule has 18 aromatic rings. The van der Waals surface area contributed by atoms with Crippen molar-refractivity contribution in [3.05, 3.63) is 278 Å². The van der Waals surface area contributed by atoms with Gasteiger partial charge in [0.2, 0.25) is 5.78 Å². The standard InChI is InChI=1S/C75H49N7/c1-77-64-38-32-53(79-66-24-12-8-20-55(66)56-21-9-13-25-67(56)79)45-61(64)62-46-54(33-39-65(62)77)80-68-26-14-10-22-57(68)58-41-47(28-34-69(58)80)40-48-29-35-70-59(42-48)60-43-49(30-36-71(60)78(70)51-16-4-2-5-17-51)50-31-37-73-74(44-50)82-72-27-15-11-23-63(72)76-75(82)81(73)52-18-6-3-7-19-52/h2-39,41-46H,40H2,1H3. The first kappa shape index (κ1) is 45.0. The maximum atomic E-state index is 5.18.